The van der Waals surface area contributed by atoms with Gasteiger partial charge in [0.25, 0.3) is 0 Å². The summed E-state index contributed by atoms with van der Waals surface area (Å²) in [6, 6.07) is 0.655. The minimum atomic E-state index is 0.655. The van der Waals surface area contributed by atoms with Crippen LogP contribution in [0.3, 0.4) is 0 Å². The first-order chi connectivity index (χ1) is 9.60. The van der Waals surface area contributed by atoms with Gasteiger partial charge in [-0.3, -0.25) is 0 Å². The molecular weight excluding hydrogens is 244 g/mol. The monoisotopic (exact) mass is 284 g/mol. The van der Waals surface area contributed by atoms with Gasteiger partial charge in [0.05, 0.1) is 0 Å². The van der Waals surface area contributed by atoms with E-state index in [-0.39, 0.29) is 0 Å². The molecule has 0 aromatic rings. The Hall–Kier alpha value is -0.0800. The maximum atomic E-state index is 3.67. The minimum Gasteiger partial charge on any atom is -0.317 e. The fourth-order valence-corrected chi connectivity index (χ4v) is 3.39. The van der Waals surface area contributed by atoms with E-state index in [0.717, 1.165) is 30.8 Å². The largest absolute Gasteiger partial charge is 0.317 e. The molecule has 2 nitrogen and oxygen atoms in total. The van der Waals surface area contributed by atoms with Gasteiger partial charge in [-0.2, -0.15) is 0 Å². The van der Waals surface area contributed by atoms with Crippen molar-refractivity contribution in [1.82, 2.24) is 10.6 Å². The third kappa shape index (κ3) is 8.26. The average Bonchev–Trinajstić information content (AvgIpc) is 2.45. The second-order valence-corrected chi connectivity index (χ2v) is 6.45. The van der Waals surface area contributed by atoms with Crippen LogP contribution in [-0.2, 0) is 0 Å². The normalized spacial score (nSPS) is 16.4. The molecule has 0 fully saturated rings. The van der Waals surface area contributed by atoms with Crippen molar-refractivity contribution in [1.29, 1.82) is 0 Å². The average molecular weight is 285 g/mol. The highest BCUT2D eigenvalue weighted by Crippen LogP contribution is 2.32. The van der Waals surface area contributed by atoms with Gasteiger partial charge in [-0.25, -0.2) is 0 Å². The highest BCUT2D eigenvalue weighted by atomic mass is 14.9. The Balaban J connectivity index is 4.45. The van der Waals surface area contributed by atoms with Gasteiger partial charge in [0, 0.05) is 6.04 Å². The van der Waals surface area contributed by atoms with Crippen LogP contribution in [0.15, 0.2) is 0 Å². The highest BCUT2D eigenvalue weighted by molar-refractivity contribution is 4.78. The number of hydrogen-bond acceptors (Lipinski definition) is 2. The van der Waals surface area contributed by atoms with Crippen molar-refractivity contribution in [2.24, 2.45) is 17.8 Å². The molecule has 2 N–H and O–H groups in total. The lowest BCUT2D eigenvalue weighted by molar-refractivity contribution is 0.186. The van der Waals surface area contributed by atoms with Crippen LogP contribution in [-0.4, -0.2) is 25.7 Å². The van der Waals surface area contributed by atoms with E-state index in [1.807, 2.05) is 0 Å². The van der Waals surface area contributed by atoms with Crippen LogP contribution in [0.25, 0.3) is 0 Å². The van der Waals surface area contributed by atoms with E-state index in [2.05, 4.69) is 52.2 Å². The Kier molecular flexibility index (Phi) is 12.6. The van der Waals surface area contributed by atoms with E-state index in [1.54, 1.807) is 0 Å². The Bertz CT molecular complexity index is 202. The molecule has 0 bridgehead atoms. The first kappa shape index (κ1) is 19.9. The van der Waals surface area contributed by atoms with Crippen LogP contribution in [0, 0.1) is 17.8 Å². The smallest absolute Gasteiger partial charge is 0.00415 e. The van der Waals surface area contributed by atoms with E-state index in [4.69, 9.17) is 0 Å². The summed E-state index contributed by atoms with van der Waals surface area (Å²) in [4.78, 5) is 0. The number of rotatable bonds is 13. The van der Waals surface area contributed by atoms with Gasteiger partial charge in [-0.1, -0.05) is 47.5 Å². The Labute approximate surface area is 128 Å². The molecule has 0 radical (unpaired) electrons. The Morgan fingerprint density at radius 2 is 1.55 bits per heavy atom. The highest BCUT2D eigenvalue weighted by Gasteiger charge is 2.25. The SMILES string of the molecule is CCCNC(C)CC(C(C)CCNCC)C(CC)CC. The van der Waals surface area contributed by atoms with Gasteiger partial charge in [0.1, 0.15) is 0 Å². The Morgan fingerprint density at radius 3 is 2.05 bits per heavy atom. The standard InChI is InChI=1S/C18H40N2/c1-7-12-20-16(6)14-18(17(8-2)9-3)15(5)11-13-19-10-4/h15-20H,7-14H2,1-6H3. The van der Waals surface area contributed by atoms with E-state index in [0.29, 0.717) is 6.04 Å². The van der Waals surface area contributed by atoms with Gasteiger partial charge in [0.15, 0.2) is 0 Å². The van der Waals surface area contributed by atoms with Crippen LogP contribution >= 0.6 is 0 Å². The van der Waals surface area contributed by atoms with Crippen molar-refractivity contribution in [3.05, 3.63) is 0 Å². The van der Waals surface area contributed by atoms with Crippen molar-refractivity contribution in [2.75, 3.05) is 19.6 Å². The molecule has 0 saturated heterocycles. The molecule has 0 amide bonds. The molecule has 122 valence electrons. The van der Waals surface area contributed by atoms with Crippen molar-refractivity contribution in [2.45, 2.75) is 79.7 Å². The van der Waals surface area contributed by atoms with Gasteiger partial charge < -0.3 is 10.6 Å². The Morgan fingerprint density at radius 1 is 0.900 bits per heavy atom. The van der Waals surface area contributed by atoms with Crippen LogP contribution in [0.5, 0.6) is 0 Å². The third-order valence-corrected chi connectivity index (χ3v) is 4.78. The maximum Gasteiger partial charge on any atom is 0.00415 e. The van der Waals surface area contributed by atoms with E-state index < -0.39 is 0 Å². The maximum absolute atomic E-state index is 3.67. The predicted octanol–water partition coefficient (Wildman–Crippen LogP) is 4.45. The van der Waals surface area contributed by atoms with Gasteiger partial charge in [-0.05, 0) is 63.6 Å². The first-order valence-corrected chi connectivity index (χ1v) is 9.04. The zero-order valence-electron chi connectivity index (χ0n) is 15.0. The third-order valence-electron chi connectivity index (χ3n) is 4.78. The molecule has 0 heterocycles. The summed E-state index contributed by atoms with van der Waals surface area (Å²) in [5, 5.41) is 7.15. The van der Waals surface area contributed by atoms with E-state index >= 15 is 0 Å². The summed E-state index contributed by atoms with van der Waals surface area (Å²) < 4.78 is 0. The molecule has 0 aromatic heterocycles. The summed E-state index contributed by atoms with van der Waals surface area (Å²) in [7, 11) is 0. The molecule has 3 atom stereocenters. The molecule has 0 aromatic carbocycles. The molecule has 0 saturated carbocycles. The molecule has 0 spiro atoms. The van der Waals surface area contributed by atoms with Gasteiger partial charge in [-0.15, -0.1) is 0 Å². The van der Waals surface area contributed by atoms with Gasteiger partial charge >= 0.3 is 0 Å². The molecule has 2 heteroatoms. The summed E-state index contributed by atoms with van der Waals surface area (Å²) in [6.07, 6.45) is 6.53. The van der Waals surface area contributed by atoms with Crippen molar-refractivity contribution in [3.63, 3.8) is 0 Å². The fraction of sp³-hybridized carbons (Fsp3) is 1.00. The molecular formula is C18H40N2. The summed E-state index contributed by atoms with van der Waals surface area (Å²) in [6.45, 7) is 17.4. The molecule has 20 heavy (non-hydrogen) atoms. The zero-order valence-corrected chi connectivity index (χ0v) is 15.0. The lowest BCUT2D eigenvalue weighted by atomic mass is 9.75. The lowest BCUT2D eigenvalue weighted by Gasteiger charge is -2.33. The van der Waals surface area contributed by atoms with Crippen molar-refractivity contribution < 1.29 is 0 Å². The second-order valence-electron chi connectivity index (χ2n) is 6.45. The van der Waals surface area contributed by atoms with Crippen LogP contribution in [0.2, 0.25) is 0 Å². The van der Waals surface area contributed by atoms with Crippen molar-refractivity contribution in [3.8, 4) is 0 Å². The topological polar surface area (TPSA) is 24.1 Å². The first-order valence-electron chi connectivity index (χ1n) is 9.04. The van der Waals surface area contributed by atoms with Gasteiger partial charge in [0.2, 0.25) is 0 Å². The molecule has 0 aliphatic rings. The fourth-order valence-electron chi connectivity index (χ4n) is 3.39. The zero-order chi connectivity index (χ0) is 15.4. The number of nitrogens with one attached hydrogen (secondary N) is 2. The van der Waals surface area contributed by atoms with E-state index in [9.17, 15) is 0 Å². The molecule has 0 aliphatic heterocycles. The summed E-state index contributed by atoms with van der Waals surface area (Å²) >= 11 is 0. The molecule has 3 unspecified atom stereocenters. The number of hydrogen-bond donors (Lipinski definition) is 2. The van der Waals surface area contributed by atoms with Crippen LogP contribution in [0.1, 0.15) is 73.6 Å². The lowest BCUT2D eigenvalue weighted by Crippen LogP contribution is -2.34. The minimum absolute atomic E-state index is 0.655. The van der Waals surface area contributed by atoms with Crippen LogP contribution < -0.4 is 10.6 Å². The van der Waals surface area contributed by atoms with Crippen LogP contribution in [0.4, 0.5) is 0 Å². The van der Waals surface area contributed by atoms with E-state index in [1.165, 1.54) is 38.6 Å². The summed E-state index contributed by atoms with van der Waals surface area (Å²) in [5.41, 5.74) is 0. The van der Waals surface area contributed by atoms with Crippen molar-refractivity contribution >= 4 is 0 Å². The molecule has 0 aliphatic carbocycles. The predicted molar refractivity (Wildman–Crippen MR) is 92.3 cm³/mol. The second kappa shape index (κ2) is 12.6. The summed E-state index contributed by atoms with van der Waals surface area (Å²) in [5.74, 6) is 2.57. The quantitative estimate of drug-likeness (QED) is 0.488. The molecule has 0 rings (SSSR count).